The summed E-state index contributed by atoms with van der Waals surface area (Å²) >= 11 is 0. The fourth-order valence-corrected chi connectivity index (χ4v) is 5.59. The molecule has 0 radical (unpaired) electrons. The van der Waals surface area contributed by atoms with E-state index in [0.717, 1.165) is 64.0 Å². The van der Waals surface area contributed by atoms with E-state index in [4.69, 9.17) is 0 Å². The number of carbonyl (C=O) groups is 1. The number of likely N-dealkylation sites (tertiary alicyclic amines) is 1. The first-order valence-electron chi connectivity index (χ1n) is 12.9. The highest BCUT2D eigenvalue weighted by atomic mass is 16.3. The lowest BCUT2D eigenvalue weighted by atomic mass is 9.90. The van der Waals surface area contributed by atoms with Gasteiger partial charge in [0, 0.05) is 31.1 Å². The van der Waals surface area contributed by atoms with Crippen LogP contribution in [0, 0.1) is 23.2 Å². The Morgan fingerprint density at radius 1 is 1.06 bits per heavy atom. The third kappa shape index (κ3) is 5.69. The first-order chi connectivity index (χ1) is 16.8. The van der Waals surface area contributed by atoms with E-state index in [2.05, 4.69) is 64.1 Å². The number of benzene rings is 2. The molecule has 1 saturated carbocycles. The average Bonchev–Trinajstić information content (AvgIpc) is 3.58. The van der Waals surface area contributed by atoms with Gasteiger partial charge in [-0.25, -0.2) is 0 Å². The summed E-state index contributed by atoms with van der Waals surface area (Å²) in [6.45, 7) is 8.03. The molecule has 0 bridgehead atoms. The van der Waals surface area contributed by atoms with Crippen LogP contribution in [0.1, 0.15) is 56.2 Å². The van der Waals surface area contributed by atoms with E-state index >= 15 is 0 Å². The number of carbonyl (C=O) groups excluding carboxylic acids is 1. The molecule has 4 nitrogen and oxygen atoms in total. The Labute approximate surface area is 209 Å². The van der Waals surface area contributed by atoms with Crippen LogP contribution in [0.5, 0.6) is 0 Å². The second kappa shape index (κ2) is 9.64. The Bertz CT molecular complexity index is 1140. The number of nitrogens with zero attached hydrogens (tertiary/aromatic N) is 2. The first kappa shape index (κ1) is 23.9. The van der Waals surface area contributed by atoms with Crippen LogP contribution in [0.15, 0.2) is 60.7 Å². The fourth-order valence-electron chi connectivity index (χ4n) is 5.59. The minimum Gasteiger partial charge on any atom is -0.378 e. The third-order valence-corrected chi connectivity index (χ3v) is 7.88. The number of hydrogen-bond acceptors (Lipinski definition) is 3. The molecule has 2 aromatic rings. The molecule has 2 aromatic carbocycles. The van der Waals surface area contributed by atoms with Crippen LogP contribution >= 0.6 is 0 Å². The monoisotopic (exact) mass is 468 g/mol. The van der Waals surface area contributed by atoms with Crippen molar-refractivity contribution < 1.29 is 9.90 Å². The number of hydrogen-bond donors (Lipinski definition) is 1. The lowest BCUT2D eigenvalue weighted by molar-refractivity contribution is -0.133. The molecule has 1 N–H and O–H groups in total. The molecule has 1 spiro atoms. The molecular formula is C31H36N2O2. The van der Waals surface area contributed by atoms with Gasteiger partial charge in [0.25, 0.3) is 0 Å². The van der Waals surface area contributed by atoms with Crippen molar-refractivity contribution in [2.75, 3.05) is 26.2 Å². The van der Waals surface area contributed by atoms with Crippen LogP contribution in [0.3, 0.4) is 0 Å². The summed E-state index contributed by atoms with van der Waals surface area (Å²) in [5.74, 6) is 6.50. The largest absolute Gasteiger partial charge is 0.378 e. The number of aliphatic hydroxyl groups is 1. The molecule has 0 aromatic heterocycles. The first-order valence-corrected chi connectivity index (χ1v) is 12.9. The van der Waals surface area contributed by atoms with E-state index in [1.54, 1.807) is 13.8 Å². The Hall–Kier alpha value is -2.87. The maximum Gasteiger partial charge on any atom is 0.226 e. The van der Waals surface area contributed by atoms with Gasteiger partial charge in [0.05, 0.1) is 0 Å². The summed E-state index contributed by atoms with van der Waals surface area (Å²) in [4.78, 5) is 17.8. The van der Waals surface area contributed by atoms with Crippen LogP contribution in [0.4, 0.5) is 0 Å². The molecular weight excluding hydrogens is 432 g/mol. The molecule has 1 amide bonds. The average molecular weight is 469 g/mol. The van der Waals surface area contributed by atoms with Gasteiger partial charge >= 0.3 is 0 Å². The number of rotatable bonds is 4. The molecule has 1 saturated heterocycles. The summed E-state index contributed by atoms with van der Waals surface area (Å²) in [6.07, 6.45) is 6.51. The molecule has 35 heavy (non-hydrogen) atoms. The van der Waals surface area contributed by atoms with Gasteiger partial charge in [-0.2, -0.15) is 0 Å². The van der Waals surface area contributed by atoms with Gasteiger partial charge in [-0.05, 0) is 86.9 Å². The van der Waals surface area contributed by atoms with Gasteiger partial charge in [0.2, 0.25) is 5.91 Å². The normalized spacial score (nSPS) is 21.7. The highest BCUT2D eigenvalue weighted by Crippen LogP contribution is 2.60. The van der Waals surface area contributed by atoms with Gasteiger partial charge in [0.15, 0.2) is 0 Å². The number of amides is 1. The molecule has 2 heterocycles. The highest BCUT2D eigenvalue weighted by molar-refractivity contribution is 5.84. The Kier molecular flexibility index (Phi) is 6.57. The second-order valence-corrected chi connectivity index (χ2v) is 11.0. The van der Waals surface area contributed by atoms with E-state index in [1.165, 1.54) is 16.7 Å². The summed E-state index contributed by atoms with van der Waals surface area (Å²) in [5.41, 5.74) is 4.13. The molecule has 4 heteroatoms. The second-order valence-electron chi connectivity index (χ2n) is 11.0. The minimum absolute atomic E-state index is 0.227. The van der Waals surface area contributed by atoms with Gasteiger partial charge < -0.3 is 10.0 Å². The zero-order chi connectivity index (χ0) is 24.5. The van der Waals surface area contributed by atoms with Crippen LogP contribution in [-0.4, -0.2) is 52.6 Å². The Morgan fingerprint density at radius 3 is 2.40 bits per heavy atom. The van der Waals surface area contributed by atoms with Crippen molar-refractivity contribution >= 4 is 11.5 Å². The van der Waals surface area contributed by atoms with Crippen molar-refractivity contribution in [1.82, 2.24) is 9.80 Å². The Balaban J connectivity index is 1.10. The molecule has 1 atom stereocenters. The van der Waals surface area contributed by atoms with Crippen molar-refractivity contribution in [1.29, 1.82) is 0 Å². The van der Waals surface area contributed by atoms with E-state index in [-0.39, 0.29) is 11.3 Å². The molecule has 1 unspecified atom stereocenters. The SMILES string of the molecule is CC(C)(O)C#Cc1ccc(CN2CCC3(CC2)CC3C(=O)N2CC=C(c3ccccc3)CC2)cc1. The lowest BCUT2D eigenvalue weighted by Crippen LogP contribution is -2.39. The van der Waals surface area contributed by atoms with E-state index in [1.807, 2.05) is 18.2 Å². The molecule has 2 fully saturated rings. The lowest BCUT2D eigenvalue weighted by Gasteiger charge is -2.34. The van der Waals surface area contributed by atoms with Crippen molar-refractivity contribution in [2.45, 2.75) is 51.7 Å². The van der Waals surface area contributed by atoms with E-state index in [9.17, 15) is 9.90 Å². The van der Waals surface area contributed by atoms with Crippen molar-refractivity contribution in [3.05, 3.63) is 77.4 Å². The smallest absolute Gasteiger partial charge is 0.226 e. The molecule has 2 aliphatic heterocycles. The van der Waals surface area contributed by atoms with Crippen LogP contribution in [0.25, 0.3) is 5.57 Å². The van der Waals surface area contributed by atoms with Gasteiger partial charge in [-0.3, -0.25) is 9.69 Å². The van der Waals surface area contributed by atoms with Crippen LogP contribution in [-0.2, 0) is 11.3 Å². The molecule has 1 aliphatic carbocycles. The van der Waals surface area contributed by atoms with E-state index < -0.39 is 5.60 Å². The summed E-state index contributed by atoms with van der Waals surface area (Å²) in [6, 6.07) is 18.9. The highest BCUT2D eigenvalue weighted by Gasteiger charge is 2.59. The van der Waals surface area contributed by atoms with Gasteiger partial charge in [-0.15, -0.1) is 0 Å². The maximum atomic E-state index is 13.3. The zero-order valence-electron chi connectivity index (χ0n) is 21.0. The minimum atomic E-state index is -0.972. The molecule has 3 aliphatic rings. The van der Waals surface area contributed by atoms with Gasteiger partial charge in [0.1, 0.15) is 5.60 Å². The Morgan fingerprint density at radius 2 is 1.77 bits per heavy atom. The van der Waals surface area contributed by atoms with Crippen molar-refractivity contribution in [2.24, 2.45) is 11.3 Å². The van der Waals surface area contributed by atoms with Crippen LogP contribution in [0.2, 0.25) is 0 Å². The predicted molar refractivity (Wildman–Crippen MR) is 140 cm³/mol. The summed E-state index contributed by atoms with van der Waals surface area (Å²) in [5, 5.41) is 9.77. The maximum absolute atomic E-state index is 13.3. The van der Waals surface area contributed by atoms with Crippen molar-refractivity contribution in [3.63, 3.8) is 0 Å². The van der Waals surface area contributed by atoms with Gasteiger partial charge in [-0.1, -0.05) is 60.4 Å². The number of piperidine rings is 1. The van der Waals surface area contributed by atoms with E-state index in [0.29, 0.717) is 5.91 Å². The quantitative estimate of drug-likeness (QED) is 0.660. The zero-order valence-corrected chi connectivity index (χ0v) is 21.0. The predicted octanol–water partition coefficient (Wildman–Crippen LogP) is 4.73. The molecule has 182 valence electrons. The third-order valence-electron chi connectivity index (χ3n) is 7.88. The van der Waals surface area contributed by atoms with Crippen molar-refractivity contribution in [3.8, 4) is 11.8 Å². The topological polar surface area (TPSA) is 43.8 Å². The summed E-state index contributed by atoms with van der Waals surface area (Å²) < 4.78 is 0. The summed E-state index contributed by atoms with van der Waals surface area (Å²) in [7, 11) is 0. The molecule has 5 rings (SSSR count). The standard InChI is InChI=1S/C31H36N2O2/c1-30(2,35)15-12-24-8-10-25(11-9-24)23-32-20-16-31(17-21-32)22-28(31)29(34)33-18-13-27(14-19-33)26-6-4-3-5-7-26/h3-11,13,28,35H,14,16-23H2,1-2H3. The fraction of sp³-hybridized carbons (Fsp3) is 0.452. The van der Waals surface area contributed by atoms with Crippen LogP contribution < -0.4 is 0 Å².